The number of rotatable bonds is 2. The Kier molecular flexibility index (Phi) is 3.13. The first-order valence-electron chi connectivity index (χ1n) is 3.99. The molecule has 0 saturated carbocycles. The number of halogens is 4. The van der Waals surface area contributed by atoms with Gasteiger partial charge in [0.15, 0.2) is 0 Å². The minimum Gasteiger partial charge on any atom is -0.386 e. The molecule has 0 aromatic heterocycles. The van der Waals surface area contributed by atoms with E-state index in [1.54, 1.807) is 0 Å². The van der Waals surface area contributed by atoms with Crippen LogP contribution in [-0.2, 0) is 9.84 Å². The van der Waals surface area contributed by atoms with Gasteiger partial charge in [-0.25, -0.2) is 12.8 Å². The minimum atomic E-state index is -5.49. The summed E-state index contributed by atoms with van der Waals surface area (Å²) in [5, 5.41) is 2.36. The Hall–Kier alpha value is -1.31. The quantitative estimate of drug-likeness (QED) is 0.826. The van der Waals surface area contributed by atoms with Gasteiger partial charge in [-0.2, -0.15) is 13.2 Å². The zero-order chi connectivity index (χ0) is 12.6. The Balaban J connectivity index is 3.32. The van der Waals surface area contributed by atoms with Crippen LogP contribution in [0, 0.1) is 5.82 Å². The number of hydrogen-bond donors (Lipinski definition) is 1. The van der Waals surface area contributed by atoms with E-state index in [4.69, 9.17) is 0 Å². The summed E-state index contributed by atoms with van der Waals surface area (Å²) >= 11 is 0. The second-order valence-electron chi connectivity index (χ2n) is 2.84. The largest absolute Gasteiger partial charge is 0.501 e. The van der Waals surface area contributed by atoms with Gasteiger partial charge in [0.1, 0.15) is 5.82 Å². The number of benzene rings is 1. The van der Waals surface area contributed by atoms with E-state index in [0.717, 1.165) is 6.07 Å². The van der Waals surface area contributed by atoms with Crippen molar-refractivity contribution in [3.63, 3.8) is 0 Å². The molecule has 0 fully saturated rings. The predicted molar refractivity (Wildman–Crippen MR) is 49.2 cm³/mol. The second kappa shape index (κ2) is 3.93. The zero-order valence-electron chi connectivity index (χ0n) is 7.97. The summed E-state index contributed by atoms with van der Waals surface area (Å²) in [6.45, 7) is 0. The number of hydrogen-bond acceptors (Lipinski definition) is 3. The van der Waals surface area contributed by atoms with E-state index in [0.29, 0.717) is 12.1 Å². The minimum absolute atomic E-state index is 0.0823. The van der Waals surface area contributed by atoms with Gasteiger partial charge in [-0.05, 0) is 18.2 Å². The molecule has 1 N–H and O–H groups in total. The van der Waals surface area contributed by atoms with Crippen molar-refractivity contribution in [1.29, 1.82) is 0 Å². The molecule has 0 unspecified atom stereocenters. The average Bonchev–Trinajstić information content (AvgIpc) is 2.15. The molecule has 0 saturated heterocycles. The molecule has 1 aromatic carbocycles. The van der Waals surface area contributed by atoms with Crippen LogP contribution in [-0.4, -0.2) is 21.0 Å². The van der Waals surface area contributed by atoms with Crippen molar-refractivity contribution in [2.75, 3.05) is 12.4 Å². The molecule has 90 valence electrons. The van der Waals surface area contributed by atoms with Gasteiger partial charge in [0.05, 0.1) is 10.6 Å². The molecule has 0 atom stereocenters. The molecule has 8 heteroatoms. The Labute approximate surface area is 89.0 Å². The summed E-state index contributed by atoms with van der Waals surface area (Å²) in [5.74, 6) is -1.06. The highest BCUT2D eigenvalue weighted by Crippen LogP contribution is 2.31. The Morgan fingerprint density at radius 2 is 1.81 bits per heavy atom. The normalized spacial score (nSPS) is 12.6. The van der Waals surface area contributed by atoms with Gasteiger partial charge in [0.2, 0.25) is 0 Å². The van der Waals surface area contributed by atoms with Gasteiger partial charge in [0, 0.05) is 7.05 Å². The lowest BCUT2D eigenvalue weighted by atomic mass is 10.3. The molecule has 0 radical (unpaired) electrons. The zero-order valence-corrected chi connectivity index (χ0v) is 8.79. The monoisotopic (exact) mass is 257 g/mol. The summed E-state index contributed by atoms with van der Waals surface area (Å²) in [7, 11) is -4.13. The highest BCUT2D eigenvalue weighted by atomic mass is 32.2. The average molecular weight is 257 g/mol. The van der Waals surface area contributed by atoms with Crippen molar-refractivity contribution in [3.05, 3.63) is 24.0 Å². The predicted octanol–water partition coefficient (Wildman–Crippen LogP) is 2.16. The molecule has 3 nitrogen and oxygen atoms in total. The van der Waals surface area contributed by atoms with Crippen LogP contribution in [0.2, 0.25) is 0 Å². The third kappa shape index (κ3) is 2.11. The molecular weight excluding hydrogens is 250 g/mol. The van der Waals surface area contributed by atoms with Gasteiger partial charge in [-0.1, -0.05) is 0 Å². The number of sulfone groups is 1. The maximum atomic E-state index is 13.1. The van der Waals surface area contributed by atoms with E-state index in [1.165, 1.54) is 7.05 Å². The molecule has 1 aromatic rings. The topological polar surface area (TPSA) is 46.2 Å². The summed E-state index contributed by atoms with van der Waals surface area (Å²) in [4.78, 5) is -1.11. The summed E-state index contributed by atoms with van der Waals surface area (Å²) in [6.07, 6.45) is 0. The first-order chi connectivity index (χ1) is 7.20. The second-order valence-corrected chi connectivity index (χ2v) is 4.78. The molecule has 0 aliphatic carbocycles. The first-order valence-corrected chi connectivity index (χ1v) is 5.47. The van der Waals surface area contributed by atoms with Gasteiger partial charge >= 0.3 is 5.51 Å². The van der Waals surface area contributed by atoms with Crippen molar-refractivity contribution in [2.24, 2.45) is 0 Å². The molecule has 0 aliphatic rings. The molecule has 0 heterocycles. The van der Waals surface area contributed by atoms with Crippen molar-refractivity contribution in [1.82, 2.24) is 0 Å². The van der Waals surface area contributed by atoms with E-state index < -0.39 is 26.1 Å². The fraction of sp³-hybridized carbons (Fsp3) is 0.250. The van der Waals surface area contributed by atoms with Crippen LogP contribution in [0.3, 0.4) is 0 Å². The highest BCUT2D eigenvalue weighted by molar-refractivity contribution is 7.92. The summed E-state index contributed by atoms with van der Waals surface area (Å²) < 4.78 is 71.2. The summed E-state index contributed by atoms with van der Waals surface area (Å²) in [6, 6.07) is 1.94. The standard InChI is InChI=1S/C8H7F4NO2S/c1-13-7-3-2-5(4-6(7)9)16(14,15)8(10,11)12/h2-4,13H,1H3. The number of alkyl halides is 3. The highest BCUT2D eigenvalue weighted by Gasteiger charge is 2.47. The fourth-order valence-corrected chi connectivity index (χ4v) is 1.77. The van der Waals surface area contributed by atoms with E-state index >= 15 is 0 Å². The lowest BCUT2D eigenvalue weighted by Gasteiger charge is -2.09. The maximum Gasteiger partial charge on any atom is 0.501 e. The third-order valence-corrected chi connectivity index (χ3v) is 3.31. The number of anilines is 1. The Morgan fingerprint density at radius 3 is 2.19 bits per heavy atom. The third-order valence-electron chi connectivity index (χ3n) is 1.82. The molecule has 0 amide bonds. The van der Waals surface area contributed by atoms with E-state index in [-0.39, 0.29) is 5.69 Å². The Bertz CT molecular complexity index is 495. The Morgan fingerprint density at radius 1 is 1.25 bits per heavy atom. The molecule has 1 rings (SSSR count). The van der Waals surface area contributed by atoms with Crippen LogP contribution in [0.1, 0.15) is 0 Å². The molecule has 0 spiro atoms. The SMILES string of the molecule is CNc1ccc(S(=O)(=O)C(F)(F)F)cc1F. The van der Waals surface area contributed by atoms with Crippen molar-refractivity contribution >= 4 is 15.5 Å². The van der Waals surface area contributed by atoms with Gasteiger partial charge in [-0.3, -0.25) is 0 Å². The van der Waals surface area contributed by atoms with Crippen LogP contribution in [0.15, 0.2) is 23.1 Å². The number of nitrogens with one attached hydrogen (secondary N) is 1. The molecule has 0 bridgehead atoms. The van der Waals surface area contributed by atoms with Gasteiger partial charge in [-0.15, -0.1) is 0 Å². The smallest absolute Gasteiger partial charge is 0.386 e. The van der Waals surface area contributed by atoms with Crippen LogP contribution in [0.5, 0.6) is 0 Å². The maximum absolute atomic E-state index is 13.1. The van der Waals surface area contributed by atoms with Crippen LogP contribution in [0.25, 0.3) is 0 Å². The molecule has 16 heavy (non-hydrogen) atoms. The molecule has 0 aliphatic heterocycles. The fourth-order valence-electron chi connectivity index (χ4n) is 0.999. The lowest BCUT2D eigenvalue weighted by Crippen LogP contribution is -2.23. The molecular formula is C8H7F4NO2S. The van der Waals surface area contributed by atoms with E-state index in [2.05, 4.69) is 5.32 Å². The lowest BCUT2D eigenvalue weighted by molar-refractivity contribution is -0.0436. The van der Waals surface area contributed by atoms with Crippen molar-refractivity contribution < 1.29 is 26.0 Å². The van der Waals surface area contributed by atoms with Crippen LogP contribution in [0.4, 0.5) is 23.2 Å². The first kappa shape index (κ1) is 12.8. The van der Waals surface area contributed by atoms with E-state index in [9.17, 15) is 26.0 Å². The van der Waals surface area contributed by atoms with Crippen LogP contribution >= 0.6 is 0 Å². The van der Waals surface area contributed by atoms with Gasteiger partial charge < -0.3 is 5.32 Å². The summed E-state index contributed by atoms with van der Waals surface area (Å²) in [5.41, 5.74) is -5.51. The van der Waals surface area contributed by atoms with Crippen molar-refractivity contribution in [2.45, 2.75) is 10.4 Å². The van der Waals surface area contributed by atoms with Crippen molar-refractivity contribution in [3.8, 4) is 0 Å². The van der Waals surface area contributed by atoms with Gasteiger partial charge in [0.25, 0.3) is 9.84 Å². The van der Waals surface area contributed by atoms with Crippen LogP contribution < -0.4 is 5.32 Å². The van der Waals surface area contributed by atoms with E-state index in [1.807, 2.05) is 0 Å².